The summed E-state index contributed by atoms with van der Waals surface area (Å²) < 4.78 is 90.0. The van der Waals surface area contributed by atoms with Crippen molar-refractivity contribution in [2.24, 2.45) is 5.41 Å². The van der Waals surface area contributed by atoms with E-state index in [0.717, 1.165) is 19.3 Å². The largest absolute Gasteiger partial charge is 0.472 e. The van der Waals surface area contributed by atoms with Gasteiger partial charge in [0.25, 0.3) is 6.08 Å². The molecular formula is C45H52F4N6O6. The maximum atomic E-state index is 17.8. The quantitative estimate of drug-likeness (QED) is 0.113. The molecule has 9 rings (SSSR count). The van der Waals surface area contributed by atoms with E-state index in [1.807, 2.05) is 39.5 Å². The molecule has 4 aliphatic heterocycles. The lowest BCUT2D eigenvalue weighted by molar-refractivity contribution is 0.000931. The number of carbonyl (C=O) groups is 1. The monoisotopic (exact) mass is 848 g/mol. The number of rotatable bonds is 10. The first kappa shape index (κ1) is 41.4. The zero-order valence-corrected chi connectivity index (χ0v) is 35.5. The van der Waals surface area contributed by atoms with Crippen LogP contribution in [0.3, 0.4) is 0 Å². The lowest BCUT2D eigenvalue weighted by Crippen LogP contribution is -2.65. The highest BCUT2D eigenvalue weighted by Crippen LogP contribution is 2.50. The second-order valence-electron chi connectivity index (χ2n) is 18.2. The summed E-state index contributed by atoms with van der Waals surface area (Å²) >= 11 is 0. The summed E-state index contributed by atoms with van der Waals surface area (Å²) in [4.78, 5) is 34.5. The molecule has 2 aromatic carbocycles. The molecule has 16 heteroatoms. The number of hydrogen-bond acceptors (Lipinski definition) is 11. The van der Waals surface area contributed by atoms with Crippen LogP contribution in [-0.2, 0) is 15.9 Å². The highest BCUT2D eigenvalue weighted by atomic mass is 19.3. The summed E-state index contributed by atoms with van der Waals surface area (Å²) in [6.07, 6.45) is 1.64. The lowest BCUT2D eigenvalue weighted by Gasteiger charge is -2.48. The van der Waals surface area contributed by atoms with Crippen LogP contribution < -0.4 is 19.1 Å². The minimum Gasteiger partial charge on any atom is -0.472 e. The van der Waals surface area contributed by atoms with Gasteiger partial charge in [0, 0.05) is 44.3 Å². The number of hydrogen-bond donors (Lipinski definition) is 0. The van der Waals surface area contributed by atoms with E-state index in [9.17, 15) is 13.6 Å². The Kier molecular flexibility index (Phi) is 10.7. The topological polar surface area (TPSA) is 112 Å². The van der Waals surface area contributed by atoms with E-state index in [1.54, 1.807) is 18.2 Å². The molecule has 4 fully saturated rings. The highest BCUT2D eigenvalue weighted by molar-refractivity contribution is 6.03. The SMILES string of the molecule is CCc1c(F)ccc2cc(OCOC)cc(-c3nc4c5c(nc(OCC6(CN7CCC(=C(F)F)CC7)CC6)nc5c3F)N3C[C@H]5CC[C@@H]([C@H]3[C@H](C)O4)N5C(=O)OC(C)(C)C)c12. The Morgan fingerprint density at radius 1 is 1.02 bits per heavy atom. The average molecular weight is 849 g/mol. The zero-order chi connectivity index (χ0) is 43.0. The van der Waals surface area contributed by atoms with Gasteiger partial charge in [-0.05, 0) is 113 Å². The van der Waals surface area contributed by atoms with Gasteiger partial charge in [-0.2, -0.15) is 18.7 Å². The van der Waals surface area contributed by atoms with Crippen LogP contribution in [0.15, 0.2) is 35.9 Å². The Morgan fingerprint density at radius 2 is 1.79 bits per heavy atom. The number of carbonyl (C=O) groups excluding carboxylic acids is 1. The van der Waals surface area contributed by atoms with Crippen LogP contribution in [0.2, 0.25) is 0 Å². The van der Waals surface area contributed by atoms with Gasteiger partial charge in [0.15, 0.2) is 12.6 Å². The van der Waals surface area contributed by atoms with Crippen LogP contribution in [0, 0.1) is 17.0 Å². The number of fused-ring (bicyclic) bond motifs is 6. The molecule has 6 heterocycles. The van der Waals surface area contributed by atoms with E-state index in [1.165, 1.54) is 13.2 Å². The Bertz CT molecular complexity index is 2410. The molecular weight excluding hydrogens is 797 g/mol. The summed E-state index contributed by atoms with van der Waals surface area (Å²) in [5, 5.41) is 1.37. The Labute approximate surface area is 352 Å². The van der Waals surface area contributed by atoms with E-state index >= 15 is 8.78 Å². The molecule has 1 amide bonds. The first-order valence-electron chi connectivity index (χ1n) is 21.3. The van der Waals surface area contributed by atoms with Crippen LogP contribution in [0.1, 0.15) is 78.7 Å². The minimum absolute atomic E-state index is 0.0308. The molecule has 61 heavy (non-hydrogen) atoms. The normalized spacial score (nSPS) is 23.1. The number of aromatic nitrogens is 3. The summed E-state index contributed by atoms with van der Waals surface area (Å²) in [7, 11) is 1.49. The van der Waals surface area contributed by atoms with Crippen molar-refractivity contribution in [3.05, 3.63) is 53.1 Å². The van der Waals surface area contributed by atoms with E-state index < -0.39 is 41.6 Å². The van der Waals surface area contributed by atoms with Gasteiger partial charge in [0.05, 0.1) is 24.7 Å². The van der Waals surface area contributed by atoms with Gasteiger partial charge in [0.2, 0.25) is 5.88 Å². The maximum Gasteiger partial charge on any atom is 0.410 e. The molecule has 3 saturated heterocycles. The number of piperidine rings is 1. The Balaban J connectivity index is 1.16. The van der Waals surface area contributed by atoms with Crippen molar-refractivity contribution >= 4 is 33.6 Å². The highest BCUT2D eigenvalue weighted by Gasteiger charge is 2.54. The second kappa shape index (κ2) is 15.7. The van der Waals surface area contributed by atoms with Crippen molar-refractivity contribution < 1.29 is 46.0 Å². The minimum atomic E-state index is -1.58. The van der Waals surface area contributed by atoms with Crippen molar-refractivity contribution in [3.8, 4) is 28.9 Å². The van der Waals surface area contributed by atoms with Gasteiger partial charge in [0.1, 0.15) is 45.7 Å². The Hall–Kier alpha value is -4.96. The van der Waals surface area contributed by atoms with Gasteiger partial charge in [-0.3, -0.25) is 4.90 Å². The smallest absolute Gasteiger partial charge is 0.410 e. The first-order valence-corrected chi connectivity index (χ1v) is 21.3. The number of methoxy groups -OCH3 is 1. The number of piperazine rings is 1. The van der Waals surface area contributed by atoms with Crippen LogP contribution in [0.25, 0.3) is 32.9 Å². The van der Waals surface area contributed by atoms with Gasteiger partial charge >= 0.3 is 12.1 Å². The standard InChI is InChI=1S/C45H52F4N6O6/c1-7-29-31(46)10-8-26-18-28(59-23-57-6)19-30(33(26)29)36-35(47)37-34-40(52-42(51-37)58-22-45(14-15-45)21-53-16-12-25(13-17-53)39(48)49)54-20-27-9-11-32(38(54)24(2)60-41(34)50-36)55(27)43(56)61-44(3,4)5/h8,10,18-19,24,27,32,38H,7,9,11-17,20-23H2,1-6H3/t24-,27+,32-,38+/m0/s1. The number of nitrogens with zero attached hydrogens (tertiary/aromatic N) is 6. The molecule has 4 aromatic rings. The summed E-state index contributed by atoms with van der Waals surface area (Å²) in [5.41, 5.74) is -0.219. The number of halogens is 4. The predicted octanol–water partition coefficient (Wildman–Crippen LogP) is 8.81. The van der Waals surface area contributed by atoms with Crippen LogP contribution >= 0.6 is 0 Å². The first-order chi connectivity index (χ1) is 29.2. The number of amides is 1. The molecule has 12 nitrogen and oxygen atoms in total. The molecule has 2 bridgehead atoms. The fourth-order valence-corrected chi connectivity index (χ4v) is 9.88. The lowest BCUT2D eigenvalue weighted by atomic mass is 9.94. The van der Waals surface area contributed by atoms with E-state index in [-0.39, 0.29) is 70.5 Å². The second-order valence-corrected chi connectivity index (χ2v) is 18.2. The molecule has 2 aromatic heterocycles. The summed E-state index contributed by atoms with van der Waals surface area (Å²) in [5.74, 6) is -0.348. The molecule has 5 aliphatic rings. The molecule has 0 spiro atoms. The molecule has 1 saturated carbocycles. The third kappa shape index (κ3) is 7.67. The molecule has 0 radical (unpaired) electrons. The Morgan fingerprint density at radius 3 is 2.48 bits per heavy atom. The van der Waals surface area contributed by atoms with E-state index in [4.69, 9.17) is 38.6 Å². The third-order valence-corrected chi connectivity index (χ3v) is 12.9. The van der Waals surface area contributed by atoms with Gasteiger partial charge in [-0.15, -0.1) is 0 Å². The molecule has 1 aliphatic carbocycles. The van der Waals surface area contributed by atoms with Gasteiger partial charge < -0.3 is 33.5 Å². The van der Waals surface area contributed by atoms with Crippen molar-refractivity contribution in [1.82, 2.24) is 24.8 Å². The van der Waals surface area contributed by atoms with Gasteiger partial charge in [-0.25, -0.2) is 18.6 Å². The van der Waals surface area contributed by atoms with E-state index in [2.05, 4.69) is 9.80 Å². The summed E-state index contributed by atoms with van der Waals surface area (Å²) in [6, 6.07) is 5.42. The maximum absolute atomic E-state index is 17.8. The zero-order valence-electron chi connectivity index (χ0n) is 35.5. The van der Waals surface area contributed by atoms with Crippen LogP contribution in [-0.4, -0.2) is 107 Å². The fourth-order valence-electron chi connectivity index (χ4n) is 9.88. The van der Waals surface area contributed by atoms with Crippen molar-refractivity contribution in [2.45, 2.75) is 109 Å². The molecule has 0 N–H and O–H groups in total. The number of pyridine rings is 1. The number of anilines is 1. The third-order valence-electron chi connectivity index (χ3n) is 12.9. The predicted molar refractivity (Wildman–Crippen MR) is 220 cm³/mol. The van der Waals surface area contributed by atoms with Crippen LogP contribution in [0.4, 0.5) is 28.2 Å². The molecule has 326 valence electrons. The molecule has 4 atom stereocenters. The number of likely N-dealkylation sites (tertiary alicyclic amines) is 1. The van der Waals surface area contributed by atoms with Gasteiger partial charge in [-0.1, -0.05) is 13.0 Å². The van der Waals surface area contributed by atoms with Crippen molar-refractivity contribution in [1.29, 1.82) is 0 Å². The number of benzene rings is 2. The number of aryl methyl sites for hydroxylation is 1. The summed E-state index contributed by atoms with van der Waals surface area (Å²) in [6.45, 7) is 11.6. The van der Waals surface area contributed by atoms with Crippen LogP contribution in [0.5, 0.6) is 17.6 Å². The van der Waals surface area contributed by atoms with E-state index in [0.29, 0.717) is 79.8 Å². The van der Waals surface area contributed by atoms with Crippen molar-refractivity contribution in [2.75, 3.05) is 51.6 Å². The van der Waals surface area contributed by atoms with Crippen molar-refractivity contribution in [3.63, 3.8) is 0 Å². The molecule has 0 unspecified atom stereocenters. The fraction of sp³-hybridized carbons (Fsp3) is 0.556. The number of ether oxygens (including phenoxy) is 5. The average Bonchev–Trinajstić information content (AvgIpc) is 3.94.